The second-order valence-electron chi connectivity index (χ2n) is 7.85. The third-order valence-electron chi connectivity index (χ3n) is 5.53. The Hall–Kier alpha value is -2.25. The van der Waals surface area contributed by atoms with Gasteiger partial charge >= 0.3 is 12.1 Å². The SMILES string of the molecule is CCCC(CC(=O)OC)c1ccc(Cl)c(NC(=O)C(c2ccc(Cl)cc2)C(C)C(F)(F)F)c1. The van der Waals surface area contributed by atoms with Gasteiger partial charge in [-0.05, 0) is 47.7 Å². The Labute approximate surface area is 201 Å². The van der Waals surface area contributed by atoms with Gasteiger partial charge in [0.25, 0.3) is 0 Å². The van der Waals surface area contributed by atoms with Crippen molar-refractivity contribution in [3.63, 3.8) is 0 Å². The van der Waals surface area contributed by atoms with E-state index >= 15 is 0 Å². The molecule has 0 saturated heterocycles. The maximum atomic E-state index is 13.6. The number of methoxy groups -OCH3 is 1. The molecule has 0 heterocycles. The number of ether oxygens (including phenoxy) is 1. The summed E-state index contributed by atoms with van der Waals surface area (Å²) in [6.45, 7) is 2.93. The van der Waals surface area contributed by atoms with Gasteiger partial charge in [-0.15, -0.1) is 0 Å². The van der Waals surface area contributed by atoms with Crippen LogP contribution in [0.5, 0.6) is 0 Å². The predicted octanol–water partition coefficient (Wildman–Crippen LogP) is 7.36. The van der Waals surface area contributed by atoms with Gasteiger partial charge in [0.1, 0.15) is 0 Å². The summed E-state index contributed by atoms with van der Waals surface area (Å²) in [5.74, 6) is -4.87. The monoisotopic (exact) mass is 503 g/mol. The normalized spacial score (nSPS) is 14.3. The van der Waals surface area contributed by atoms with E-state index in [1.165, 1.54) is 31.4 Å². The Kier molecular flexibility index (Phi) is 9.61. The zero-order valence-corrected chi connectivity index (χ0v) is 20.0. The molecule has 0 aliphatic rings. The first-order chi connectivity index (χ1) is 15.5. The van der Waals surface area contributed by atoms with E-state index in [0.29, 0.717) is 11.4 Å². The van der Waals surface area contributed by atoms with Gasteiger partial charge in [0.15, 0.2) is 0 Å². The van der Waals surface area contributed by atoms with Gasteiger partial charge in [-0.2, -0.15) is 13.2 Å². The molecular formula is C24H26Cl2F3NO3. The van der Waals surface area contributed by atoms with E-state index in [-0.39, 0.29) is 34.6 Å². The standard InChI is InChI=1S/C24H26Cl2F3NO3/c1-4-5-16(13-21(31)33-3)17-8-11-19(26)20(12-17)30-23(32)22(14(2)24(27,28)29)15-6-9-18(25)10-7-15/h6-12,14,16,22H,4-5,13H2,1-3H3,(H,30,32). The Balaban J connectivity index is 2.39. The average molecular weight is 504 g/mol. The second kappa shape index (κ2) is 11.7. The Morgan fingerprint density at radius 3 is 2.21 bits per heavy atom. The van der Waals surface area contributed by atoms with Crippen molar-refractivity contribution in [2.24, 2.45) is 5.92 Å². The minimum Gasteiger partial charge on any atom is -0.469 e. The number of rotatable bonds is 9. The number of hydrogen-bond acceptors (Lipinski definition) is 3. The predicted molar refractivity (Wildman–Crippen MR) is 124 cm³/mol. The molecule has 33 heavy (non-hydrogen) atoms. The minimum absolute atomic E-state index is 0.137. The largest absolute Gasteiger partial charge is 0.469 e. The third kappa shape index (κ3) is 7.37. The molecule has 4 nitrogen and oxygen atoms in total. The lowest BCUT2D eigenvalue weighted by Crippen LogP contribution is -2.34. The molecule has 0 fully saturated rings. The van der Waals surface area contributed by atoms with Crippen LogP contribution in [-0.2, 0) is 14.3 Å². The molecule has 180 valence electrons. The molecule has 0 saturated carbocycles. The summed E-state index contributed by atoms with van der Waals surface area (Å²) in [6.07, 6.45) is -2.98. The Morgan fingerprint density at radius 2 is 1.67 bits per heavy atom. The van der Waals surface area contributed by atoms with Crippen LogP contribution in [0.2, 0.25) is 10.0 Å². The topological polar surface area (TPSA) is 55.4 Å². The molecule has 2 rings (SSSR count). The van der Waals surface area contributed by atoms with Crippen molar-refractivity contribution in [2.75, 3.05) is 12.4 Å². The van der Waals surface area contributed by atoms with E-state index in [1.54, 1.807) is 18.2 Å². The van der Waals surface area contributed by atoms with Gasteiger partial charge in [0, 0.05) is 5.02 Å². The van der Waals surface area contributed by atoms with Crippen molar-refractivity contribution >= 4 is 40.8 Å². The van der Waals surface area contributed by atoms with Crippen LogP contribution in [0.4, 0.5) is 18.9 Å². The van der Waals surface area contributed by atoms with E-state index in [0.717, 1.165) is 18.9 Å². The van der Waals surface area contributed by atoms with Crippen LogP contribution in [0.3, 0.4) is 0 Å². The first-order valence-corrected chi connectivity index (χ1v) is 11.2. The Morgan fingerprint density at radius 1 is 1.06 bits per heavy atom. The molecule has 2 aromatic carbocycles. The van der Waals surface area contributed by atoms with E-state index in [4.69, 9.17) is 27.9 Å². The van der Waals surface area contributed by atoms with Gasteiger partial charge < -0.3 is 10.1 Å². The number of halogens is 5. The maximum Gasteiger partial charge on any atom is 0.392 e. The van der Waals surface area contributed by atoms with Crippen LogP contribution < -0.4 is 5.32 Å². The molecule has 0 radical (unpaired) electrons. The van der Waals surface area contributed by atoms with Gasteiger partial charge in [-0.3, -0.25) is 9.59 Å². The summed E-state index contributed by atoms with van der Waals surface area (Å²) < 4.78 is 45.5. The highest BCUT2D eigenvalue weighted by Crippen LogP contribution is 2.39. The fourth-order valence-corrected chi connectivity index (χ4v) is 3.94. The molecule has 3 atom stereocenters. The molecule has 3 unspecified atom stereocenters. The lowest BCUT2D eigenvalue weighted by Gasteiger charge is -2.26. The number of esters is 1. The Bertz CT molecular complexity index is 964. The summed E-state index contributed by atoms with van der Waals surface area (Å²) in [7, 11) is 1.30. The average Bonchev–Trinajstić information content (AvgIpc) is 2.75. The number of anilines is 1. The molecule has 2 aromatic rings. The van der Waals surface area contributed by atoms with Crippen molar-refractivity contribution < 1.29 is 27.5 Å². The number of carbonyl (C=O) groups excluding carboxylic acids is 2. The van der Waals surface area contributed by atoms with Gasteiger partial charge in [0.2, 0.25) is 5.91 Å². The minimum atomic E-state index is -4.60. The molecule has 0 spiro atoms. The maximum absolute atomic E-state index is 13.6. The van der Waals surface area contributed by atoms with Crippen LogP contribution in [0.15, 0.2) is 42.5 Å². The van der Waals surface area contributed by atoms with Gasteiger partial charge in [-0.25, -0.2) is 0 Å². The number of benzene rings is 2. The summed E-state index contributed by atoms with van der Waals surface area (Å²) >= 11 is 12.1. The van der Waals surface area contributed by atoms with Crippen LogP contribution >= 0.6 is 23.2 Å². The summed E-state index contributed by atoms with van der Waals surface area (Å²) in [5, 5.41) is 3.08. The van der Waals surface area contributed by atoms with Gasteiger partial charge in [0.05, 0.1) is 36.1 Å². The summed E-state index contributed by atoms with van der Waals surface area (Å²) in [5.41, 5.74) is 1.09. The zero-order valence-electron chi connectivity index (χ0n) is 18.5. The summed E-state index contributed by atoms with van der Waals surface area (Å²) in [6, 6.07) is 10.6. The van der Waals surface area contributed by atoms with Crippen LogP contribution in [0.25, 0.3) is 0 Å². The quantitative estimate of drug-likeness (QED) is 0.363. The van der Waals surface area contributed by atoms with E-state index in [2.05, 4.69) is 5.32 Å². The van der Waals surface area contributed by atoms with Crippen molar-refractivity contribution in [1.29, 1.82) is 0 Å². The number of nitrogens with one attached hydrogen (secondary N) is 1. The summed E-state index contributed by atoms with van der Waals surface area (Å²) in [4.78, 5) is 24.9. The lowest BCUT2D eigenvalue weighted by atomic mass is 9.85. The lowest BCUT2D eigenvalue weighted by molar-refractivity contribution is -0.178. The smallest absolute Gasteiger partial charge is 0.392 e. The van der Waals surface area contributed by atoms with Crippen molar-refractivity contribution in [1.82, 2.24) is 0 Å². The second-order valence-corrected chi connectivity index (χ2v) is 8.70. The van der Waals surface area contributed by atoms with Crippen LogP contribution in [0, 0.1) is 5.92 Å². The van der Waals surface area contributed by atoms with Crippen molar-refractivity contribution in [3.8, 4) is 0 Å². The molecule has 9 heteroatoms. The highest BCUT2D eigenvalue weighted by atomic mass is 35.5. The molecular weight excluding hydrogens is 478 g/mol. The van der Waals surface area contributed by atoms with E-state index in [1.807, 2.05) is 6.92 Å². The third-order valence-corrected chi connectivity index (χ3v) is 6.11. The van der Waals surface area contributed by atoms with E-state index in [9.17, 15) is 22.8 Å². The van der Waals surface area contributed by atoms with Crippen molar-refractivity contribution in [2.45, 2.75) is 51.1 Å². The highest BCUT2D eigenvalue weighted by Gasteiger charge is 2.45. The highest BCUT2D eigenvalue weighted by molar-refractivity contribution is 6.33. The first kappa shape index (κ1) is 27.0. The van der Waals surface area contributed by atoms with Crippen LogP contribution in [-0.4, -0.2) is 25.2 Å². The molecule has 1 N–H and O–H groups in total. The first-order valence-electron chi connectivity index (χ1n) is 10.5. The number of carbonyl (C=O) groups is 2. The molecule has 0 aliphatic carbocycles. The molecule has 0 aromatic heterocycles. The molecule has 0 aliphatic heterocycles. The molecule has 0 bridgehead atoms. The van der Waals surface area contributed by atoms with E-state index < -0.39 is 23.9 Å². The zero-order chi connectivity index (χ0) is 24.8. The fraction of sp³-hybridized carbons (Fsp3) is 0.417. The fourth-order valence-electron chi connectivity index (χ4n) is 3.65. The number of alkyl halides is 3. The van der Waals surface area contributed by atoms with Crippen molar-refractivity contribution in [3.05, 3.63) is 63.6 Å². The number of hydrogen-bond donors (Lipinski definition) is 1. The van der Waals surface area contributed by atoms with Crippen LogP contribution in [0.1, 0.15) is 56.1 Å². The number of amides is 1. The molecule has 1 amide bonds. The van der Waals surface area contributed by atoms with Gasteiger partial charge in [-0.1, -0.05) is 61.7 Å².